The van der Waals surface area contributed by atoms with Crippen molar-refractivity contribution in [1.82, 2.24) is 5.32 Å². The fraction of sp³-hybridized carbons (Fsp3) is 0.462. The lowest BCUT2D eigenvalue weighted by atomic mass is 10.0. The van der Waals surface area contributed by atoms with Crippen LogP contribution in [0.1, 0.15) is 19.4 Å². The van der Waals surface area contributed by atoms with Crippen LogP contribution in [0.15, 0.2) is 29.2 Å². The molecule has 0 bridgehead atoms. The molecule has 0 fully saturated rings. The molecule has 0 heterocycles. The van der Waals surface area contributed by atoms with Crippen molar-refractivity contribution in [3.8, 4) is 0 Å². The first kappa shape index (κ1) is 15.7. The average Bonchev–Trinajstić information content (AvgIpc) is 2.27. The highest BCUT2D eigenvalue weighted by molar-refractivity contribution is 7.90. The molecule has 1 atom stereocenters. The zero-order chi connectivity index (χ0) is 14.6. The number of benzene rings is 1. The van der Waals surface area contributed by atoms with E-state index in [1.807, 2.05) is 13.8 Å². The smallest absolute Gasteiger partial charge is 0.320 e. The molecule has 1 rings (SSSR count). The Labute approximate surface area is 113 Å². The first-order chi connectivity index (χ1) is 8.71. The molecule has 106 valence electrons. The van der Waals surface area contributed by atoms with Gasteiger partial charge in [0.25, 0.3) is 0 Å². The van der Waals surface area contributed by atoms with E-state index in [0.717, 1.165) is 11.8 Å². The van der Waals surface area contributed by atoms with Gasteiger partial charge in [-0.15, -0.1) is 0 Å². The van der Waals surface area contributed by atoms with Crippen LogP contribution in [0.4, 0.5) is 0 Å². The van der Waals surface area contributed by atoms with Crippen LogP contribution in [0.5, 0.6) is 0 Å². The summed E-state index contributed by atoms with van der Waals surface area (Å²) in [5.74, 6) is -0.907. The van der Waals surface area contributed by atoms with Crippen LogP contribution < -0.4 is 5.32 Å². The average molecular weight is 285 g/mol. The molecule has 1 unspecified atom stereocenters. The van der Waals surface area contributed by atoms with Gasteiger partial charge in [0.15, 0.2) is 9.84 Å². The number of sulfone groups is 1. The van der Waals surface area contributed by atoms with Gasteiger partial charge in [-0.3, -0.25) is 4.79 Å². The van der Waals surface area contributed by atoms with Gasteiger partial charge < -0.3 is 10.4 Å². The summed E-state index contributed by atoms with van der Waals surface area (Å²) in [5, 5.41) is 12.0. The van der Waals surface area contributed by atoms with Gasteiger partial charge in [-0.05, 0) is 23.6 Å². The molecule has 0 aliphatic rings. The molecule has 0 spiro atoms. The molecule has 1 aromatic carbocycles. The number of carbonyl (C=O) groups is 1. The Morgan fingerprint density at radius 3 is 2.16 bits per heavy atom. The second kappa shape index (κ2) is 6.16. The summed E-state index contributed by atoms with van der Waals surface area (Å²) in [6.07, 6.45) is 1.15. The van der Waals surface area contributed by atoms with E-state index in [2.05, 4.69) is 5.32 Å². The Morgan fingerprint density at radius 1 is 1.26 bits per heavy atom. The van der Waals surface area contributed by atoms with Crippen LogP contribution in [-0.4, -0.2) is 31.8 Å². The van der Waals surface area contributed by atoms with Crippen LogP contribution in [0.3, 0.4) is 0 Å². The maximum absolute atomic E-state index is 11.3. The van der Waals surface area contributed by atoms with E-state index < -0.39 is 21.8 Å². The second-order valence-corrected chi connectivity index (χ2v) is 6.87. The molecule has 0 saturated carbocycles. The summed E-state index contributed by atoms with van der Waals surface area (Å²) in [7, 11) is -3.19. The molecule has 2 N–H and O–H groups in total. The number of nitrogens with one attached hydrogen (secondary N) is 1. The normalized spacial score (nSPS) is 13.5. The zero-order valence-electron chi connectivity index (χ0n) is 11.3. The monoisotopic (exact) mass is 285 g/mol. The maximum Gasteiger partial charge on any atom is 0.320 e. The van der Waals surface area contributed by atoms with E-state index in [4.69, 9.17) is 5.11 Å². The highest BCUT2D eigenvalue weighted by atomic mass is 32.2. The van der Waals surface area contributed by atoms with E-state index in [1.165, 1.54) is 12.1 Å². The fourth-order valence-corrected chi connectivity index (χ4v) is 2.32. The van der Waals surface area contributed by atoms with E-state index >= 15 is 0 Å². The van der Waals surface area contributed by atoms with Gasteiger partial charge in [0.05, 0.1) is 4.90 Å². The fourth-order valence-electron chi connectivity index (χ4n) is 1.69. The topological polar surface area (TPSA) is 83.5 Å². The molecule has 0 aliphatic heterocycles. The quantitative estimate of drug-likeness (QED) is 0.823. The summed E-state index contributed by atoms with van der Waals surface area (Å²) >= 11 is 0. The van der Waals surface area contributed by atoms with Gasteiger partial charge in [0.1, 0.15) is 6.04 Å². The Hall–Kier alpha value is -1.40. The number of carboxylic acid groups (broad SMARTS) is 1. The summed E-state index contributed by atoms with van der Waals surface area (Å²) in [5.41, 5.74) is 0.847. The number of hydrogen-bond donors (Lipinski definition) is 2. The van der Waals surface area contributed by atoms with Crippen LogP contribution in [-0.2, 0) is 21.2 Å². The van der Waals surface area contributed by atoms with Crippen LogP contribution in [0.25, 0.3) is 0 Å². The van der Waals surface area contributed by atoms with Gasteiger partial charge in [-0.25, -0.2) is 8.42 Å². The summed E-state index contributed by atoms with van der Waals surface area (Å²) in [6, 6.07) is 5.80. The molecule has 0 radical (unpaired) electrons. The van der Waals surface area contributed by atoms with Crippen molar-refractivity contribution in [1.29, 1.82) is 0 Å². The van der Waals surface area contributed by atoms with Crippen molar-refractivity contribution in [3.05, 3.63) is 29.8 Å². The third kappa shape index (κ3) is 4.65. The number of aliphatic carboxylic acids is 1. The molecule has 0 aliphatic carbocycles. The first-order valence-electron chi connectivity index (χ1n) is 5.97. The summed E-state index contributed by atoms with van der Waals surface area (Å²) in [4.78, 5) is 11.3. The minimum Gasteiger partial charge on any atom is -0.480 e. The molecule has 19 heavy (non-hydrogen) atoms. The number of hydrogen-bond acceptors (Lipinski definition) is 4. The zero-order valence-corrected chi connectivity index (χ0v) is 12.1. The van der Waals surface area contributed by atoms with Crippen molar-refractivity contribution in [2.45, 2.75) is 31.3 Å². The summed E-state index contributed by atoms with van der Waals surface area (Å²) < 4.78 is 22.6. The van der Waals surface area contributed by atoms with E-state index in [1.54, 1.807) is 12.1 Å². The molecular formula is C13H19NO4S. The molecule has 5 nitrogen and oxygen atoms in total. The van der Waals surface area contributed by atoms with E-state index in [9.17, 15) is 13.2 Å². The second-order valence-electron chi connectivity index (χ2n) is 4.86. The highest BCUT2D eigenvalue weighted by Crippen LogP contribution is 2.11. The van der Waals surface area contributed by atoms with E-state index in [0.29, 0.717) is 6.54 Å². The third-order valence-electron chi connectivity index (χ3n) is 2.81. The SMILES string of the molecule is CC(C)C(NCc1ccc(S(C)(=O)=O)cc1)C(=O)O. The molecule has 0 amide bonds. The molecule has 1 aromatic rings. The van der Waals surface area contributed by atoms with Crippen molar-refractivity contribution >= 4 is 15.8 Å². The van der Waals surface area contributed by atoms with Gasteiger partial charge >= 0.3 is 5.97 Å². The van der Waals surface area contributed by atoms with Crippen LogP contribution >= 0.6 is 0 Å². The maximum atomic E-state index is 11.3. The van der Waals surface area contributed by atoms with Crippen molar-refractivity contribution in [3.63, 3.8) is 0 Å². The predicted octanol–water partition coefficient (Wildman–Crippen LogP) is 1.29. The Balaban J connectivity index is 2.71. The number of carboxylic acids is 1. The Morgan fingerprint density at radius 2 is 1.79 bits per heavy atom. The highest BCUT2D eigenvalue weighted by Gasteiger charge is 2.20. The Bertz CT molecular complexity index is 534. The van der Waals surface area contributed by atoms with Crippen molar-refractivity contribution < 1.29 is 18.3 Å². The minimum atomic E-state index is -3.19. The van der Waals surface area contributed by atoms with E-state index in [-0.39, 0.29) is 10.8 Å². The standard InChI is InChI=1S/C13H19NO4S/c1-9(2)12(13(15)16)14-8-10-4-6-11(7-5-10)19(3,17)18/h4-7,9,12,14H,8H2,1-3H3,(H,15,16). The third-order valence-corrected chi connectivity index (χ3v) is 3.94. The lowest BCUT2D eigenvalue weighted by Gasteiger charge is -2.17. The lowest BCUT2D eigenvalue weighted by molar-refractivity contribution is -0.140. The van der Waals surface area contributed by atoms with Gasteiger partial charge in [0.2, 0.25) is 0 Å². The first-order valence-corrected chi connectivity index (χ1v) is 7.86. The summed E-state index contributed by atoms with van der Waals surface area (Å²) in [6.45, 7) is 4.05. The molecular weight excluding hydrogens is 266 g/mol. The molecule has 0 saturated heterocycles. The van der Waals surface area contributed by atoms with Crippen LogP contribution in [0.2, 0.25) is 0 Å². The van der Waals surface area contributed by atoms with Crippen LogP contribution in [0, 0.1) is 5.92 Å². The van der Waals surface area contributed by atoms with Crippen molar-refractivity contribution in [2.75, 3.05) is 6.26 Å². The predicted molar refractivity (Wildman–Crippen MR) is 72.7 cm³/mol. The van der Waals surface area contributed by atoms with Crippen molar-refractivity contribution in [2.24, 2.45) is 5.92 Å². The lowest BCUT2D eigenvalue weighted by Crippen LogP contribution is -2.40. The minimum absolute atomic E-state index is 0.0206. The number of rotatable bonds is 6. The van der Waals surface area contributed by atoms with Gasteiger partial charge in [-0.2, -0.15) is 0 Å². The largest absolute Gasteiger partial charge is 0.480 e. The molecule has 6 heteroatoms. The van der Waals surface area contributed by atoms with Gasteiger partial charge in [0, 0.05) is 12.8 Å². The Kier molecular flexibility index (Phi) is 5.08. The molecule has 0 aromatic heterocycles. The van der Waals surface area contributed by atoms with Gasteiger partial charge in [-0.1, -0.05) is 26.0 Å².